The van der Waals surface area contributed by atoms with Crippen LogP contribution in [0.15, 0.2) is 53.0 Å². The molecule has 1 fully saturated rings. The van der Waals surface area contributed by atoms with Gasteiger partial charge in [-0.15, -0.1) is 21.5 Å². The van der Waals surface area contributed by atoms with Gasteiger partial charge in [0.25, 0.3) is 0 Å². The highest BCUT2D eigenvalue weighted by Crippen LogP contribution is 2.22. The predicted molar refractivity (Wildman–Crippen MR) is 115 cm³/mol. The van der Waals surface area contributed by atoms with Gasteiger partial charge in [0.05, 0.1) is 19.0 Å². The number of thioether (sulfide) groups is 1. The van der Waals surface area contributed by atoms with E-state index in [0.29, 0.717) is 32.1 Å². The van der Waals surface area contributed by atoms with Crippen LogP contribution in [-0.4, -0.2) is 57.6 Å². The van der Waals surface area contributed by atoms with E-state index in [1.165, 1.54) is 22.2 Å². The first-order valence-electron chi connectivity index (χ1n) is 9.76. The van der Waals surface area contributed by atoms with Crippen LogP contribution in [0, 0.1) is 0 Å². The summed E-state index contributed by atoms with van der Waals surface area (Å²) >= 11 is 3.20. The van der Waals surface area contributed by atoms with Crippen LogP contribution >= 0.6 is 23.1 Å². The van der Waals surface area contributed by atoms with E-state index in [4.69, 9.17) is 4.74 Å². The number of amides is 1. The second-order valence-electron chi connectivity index (χ2n) is 6.82. The highest BCUT2D eigenvalue weighted by molar-refractivity contribution is 7.99. The molecule has 1 saturated heterocycles. The minimum atomic E-state index is 0.135. The quantitative estimate of drug-likeness (QED) is 0.516. The van der Waals surface area contributed by atoms with Gasteiger partial charge < -0.3 is 14.2 Å². The molecule has 152 valence electrons. The molecule has 0 spiro atoms. The smallest absolute Gasteiger partial charge is 0.233 e. The molecule has 0 unspecified atom stereocenters. The second kappa shape index (κ2) is 10.0. The Morgan fingerprint density at radius 2 is 1.93 bits per heavy atom. The lowest BCUT2D eigenvalue weighted by Crippen LogP contribution is -2.41. The normalized spacial score (nSPS) is 14.3. The molecule has 0 atom stereocenters. The molecular weight excluding hydrogens is 404 g/mol. The van der Waals surface area contributed by atoms with Crippen molar-refractivity contribution in [2.45, 2.75) is 24.5 Å². The van der Waals surface area contributed by atoms with Crippen molar-refractivity contribution in [1.82, 2.24) is 19.7 Å². The lowest BCUT2D eigenvalue weighted by atomic mass is 10.1. The Morgan fingerprint density at radius 1 is 1.10 bits per heavy atom. The molecule has 1 aliphatic rings. The number of rotatable bonds is 8. The van der Waals surface area contributed by atoms with Gasteiger partial charge in [0.1, 0.15) is 5.82 Å². The van der Waals surface area contributed by atoms with E-state index in [9.17, 15) is 4.79 Å². The van der Waals surface area contributed by atoms with E-state index < -0.39 is 0 Å². The maximum absolute atomic E-state index is 12.5. The van der Waals surface area contributed by atoms with Crippen LogP contribution in [0.3, 0.4) is 0 Å². The number of aromatic nitrogens is 3. The van der Waals surface area contributed by atoms with Crippen LogP contribution in [-0.2, 0) is 28.9 Å². The first-order chi connectivity index (χ1) is 14.3. The van der Waals surface area contributed by atoms with E-state index in [0.717, 1.165) is 30.4 Å². The number of morpholine rings is 1. The average molecular weight is 429 g/mol. The van der Waals surface area contributed by atoms with Crippen LogP contribution in [0.2, 0.25) is 0 Å². The number of carbonyl (C=O) groups excluding carboxylic acids is 1. The van der Waals surface area contributed by atoms with Crippen molar-refractivity contribution < 1.29 is 9.53 Å². The van der Waals surface area contributed by atoms with Crippen LogP contribution in [0.5, 0.6) is 0 Å². The zero-order valence-electron chi connectivity index (χ0n) is 16.2. The van der Waals surface area contributed by atoms with Gasteiger partial charge in [-0.05, 0) is 23.4 Å². The Hall–Kier alpha value is -2.16. The van der Waals surface area contributed by atoms with Crippen molar-refractivity contribution in [3.8, 4) is 0 Å². The summed E-state index contributed by atoms with van der Waals surface area (Å²) in [6, 6.07) is 14.6. The van der Waals surface area contributed by atoms with Gasteiger partial charge in [-0.2, -0.15) is 0 Å². The maximum Gasteiger partial charge on any atom is 0.233 e. The molecule has 1 aromatic carbocycles. The molecule has 3 aromatic rings. The molecule has 4 rings (SSSR count). The fraction of sp³-hybridized carbons (Fsp3) is 0.381. The van der Waals surface area contributed by atoms with Gasteiger partial charge in [-0.25, -0.2) is 0 Å². The monoisotopic (exact) mass is 428 g/mol. The molecule has 0 radical (unpaired) electrons. The van der Waals surface area contributed by atoms with Crippen molar-refractivity contribution >= 4 is 29.0 Å². The molecular formula is C21H24N4O2S2. The number of aryl methyl sites for hydroxylation is 1. The van der Waals surface area contributed by atoms with E-state index in [-0.39, 0.29) is 5.91 Å². The summed E-state index contributed by atoms with van der Waals surface area (Å²) in [4.78, 5) is 15.7. The maximum atomic E-state index is 12.5. The number of carbonyl (C=O) groups is 1. The number of nitrogens with zero attached hydrogens (tertiary/aromatic N) is 4. The Morgan fingerprint density at radius 3 is 2.69 bits per heavy atom. The van der Waals surface area contributed by atoms with Crippen molar-refractivity contribution in [2.75, 3.05) is 32.1 Å². The topological polar surface area (TPSA) is 60.2 Å². The first kappa shape index (κ1) is 20.1. The number of hydrogen-bond acceptors (Lipinski definition) is 6. The zero-order chi connectivity index (χ0) is 19.9. The zero-order valence-corrected chi connectivity index (χ0v) is 17.8. The third-order valence-electron chi connectivity index (χ3n) is 4.86. The largest absolute Gasteiger partial charge is 0.378 e. The van der Waals surface area contributed by atoms with Crippen LogP contribution in [0.1, 0.15) is 16.3 Å². The summed E-state index contributed by atoms with van der Waals surface area (Å²) in [6.45, 7) is 3.38. The SMILES string of the molecule is O=C(CSc1nnc(Cc2cccs2)n1CCc1ccccc1)N1CCOCC1. The Balaban J connectivity index is 1.46. The van der Waals surface area contributed by atoms with Gasteiger partial charge in [0, 0.05) is 30.9 Å². The minimum Gasteiger partial charge on any atom is -0.378 e. The van der Waals surface area contributed by atoms with E-state index in [1.807, 2.05) is 11.0 Å². The Kier molecular flexibility index (Phi) is 6.97. The van der Waals surface area contributed by atoms with Gasteiger partial charge in [0.2, 0.25) is 5.91 Å². The average Bonchev–Trinajstić information content (AvgIpc) is 3.42. The van der Waals surface area contributed by atoms with Gasteiger partial charge in [-0.1, -0.05) is 48.2 Å². The van der Waals surface area contributed by atoms with Crippen molar-refractivity contribution in [3.63, 3.8) is 0 Å². The molecule has 0 aliphatic carbocycles. The molecule has 3 heterocycles. The molecule has 0 saturated carbocycles. The lowest BCUT2D eigenvalue weighted by Gasteiger charge is -2.26. The predicted octanol–water partition coefficient (Wildman–Crippen LogP) is 3.12. The summed E-state index contributed by atoms with van der Waals surface area (Å²) < 4.78 is 7.50. The summed E-state index contributed by atoms with van der Waals surface area (Å²) in [5, 5.41) is 11.8. The molecule has 8 heteroatoms. The number of benzene rings is 1. The fourth-order valence-electron chi connectivity index (χ4n) is 3.27. The number of ether oxygens (including phenoxy) is 1. The number of hydrogen-bond donors (Lipinski definition) is 0. The molecule has 2 aromatic heterocycles. The second-order valence-corrected chi connectivity index (χ2v) is 8.80. The molecule has 29 heavy (non-hydrogen) atoms. The molecule has 0 N–H and O–H groups in total. The lowest BCUT2D eigenvalue weighted by molar-refractivity contribution is -0.132. The highest BCUT2D eigenvalue weighted by atomic mass is 32.2. The van der Waals surface area contributed by atoms with Gasteiger partial charge in [0.15, 0.2) is 5.16 Å². The standard InChI is InChI=1S/C21H24N4O2S2/c26-20(24-10-12-27-13-11-24)16-29-21-23-22-19(15-18-7-4-14-28-18)25(21)9-8-17-5-2-1-3-6-17/h1-7,14H,8-13,15-16H2. The Bertz CT molecular complexity index is 906. The molecule has 6 nitrogen and oxygen atoms in total. The van der Waals surface area contributed by atoms with Crippen molar-refractivity contribution in [3.05, 3.63) is 64.1 Å². The molecule has 0 bridgehead atoms. The molecule has 1 amide bonds. The molecule has 1 aliphatic heterocycles. The summed E-state index contributed by atoms with van der Waals surface area (Å²) in [5.74, 6) is 1.46. The van der Waals surface area contributed by atoms with Crippen LogP contribution < -0.4 is 0 Å². The van der Waals surface area contributed by atoms with E-state index in [2.05, 4.69) is 56.5 Å². The minimum absolute atomic E-state index is 0.135. The van der Waals surface area contributed by atoms with Gasteiger partial charge >= 0.3 is 0 Å². The summed E-state index contributed by atoms with van der Waals surface area (Å²) in [7, 11) is 0. The third-order valence-corrected chi connectivity index (χ3v) is 6.69. The van der Waals surface area contributed by atoms with Crippen LogP contribution in [0.25, 0.3) is 0 Å². The van der Waals surface area contributed by atoms with Crippen molar-refractivity contribution in [2.24, 2.45) is 0 Å². The Labute approximate surface area is 178 Å². The summed E-state index contributed by atoms with van der Waals surface area (Å²) in [6.07, 6.45) is 1.67. The van der Waals surface area contributed by atoms with E-state index >= 15 is 0 Å². The number of thiophene rings is 1. The van der Waals surface area contributed by atoms with E-state index in [1.54, 1.807) is 11.3 Å². The fourth-order valence-corrected chi connectivity index (χ4v) is 4.85. The van der Waals surface area contributed by atoms with Gasteiger partial charge in [-0.3, -0.25) is 4.79 Å². The third kappa shape index (κ3) is 5.46. The van der Waals surface area contributed by atoms with Crippen LogP contribution in [0.4, 0.5) is 0 Å². The first-order valence-corrected chi connectivity index (χ1v) is 11.6. The van der Waals surface area contributed by atoms with Crippen molar-refractivity contribution in [1.29, 1.82) is 0 Å². The highest BCUT2D eigenvalue weighted by Gasteiger charge is 2.19. The summed E-state index contributed by atoms with van der Waals surface area (Å²) in [5.41, 5.74) is 1.28.